The fraction of sp³-hybridized carbons (Fsp3) is 0.176. The van der Waals surface area contributed by atoms with Gasteiger partial charge in [0.1, 0.15) is 0 Å². The number of carbonyl (C=O) groups is 2. The summed E-state index contributed by atoms with van der Waals surface area (Å²) in [4.78, 5) is 24.2. The monoisotopic (exact) mass is 440 g/mol. The third-order valence-corrected chi connectivity index (χ3v) is 3.77. The van der Waals surface area contributed by atoms with Crippen molar-refractivity contribution in [1.29, 1.82) is 0 Å². The number of nitrogens with one attached hydrogen (secondary N) is 2. The molecule has 0 spiro atoms. The molecule has 2 N–H and O–H groups in total. The first kappa shape index (κ1) is 18.1. The van der Waals surface area contributed by atoms with Crippen molar-refractivity contribution in [2.75, 3.05) is 13.7 Å². The zero-order chi connectivity index (χ0) is 17.5. The van der Waals surface area contributed by atoms with E-state index in [0.717, 1.165) is 3.57 Å². The molecule has 0 atom stereocenters. The van der Waals surface area contributed by atoms with E-state index in [1.165, 1.54) is 7.11 Å². The van der Waals surface area contributed by atoms with E-state index in [0.29, 0.717) is 29.2 Å². The molecule has 0 saturated carbocycles. The number of hydrazine groups is 1. The minimum absolute atomic E-state index is 0.346. The predicted octanol–water partition coefficient (Wildman–Crippen LogP) is 2.77. The maximum atomic E-state index is 12.2. The van der Waals surface area contributed by atoms with Gasteiger partial charge in [0, 0.05) is 14.7 Å². The number of hydrogen-bond donors (Lipinski definition) is 2. The molecule has 6 nitrogen and oxygen atoms in total. The van der Waals surface area contributed by atoms with Gasteiger partial charge in [-0.2, -0.15) is 0 Å². The summed E-state index contributed by atoms with van der Waals surface area (Å²) in [5, 5.41) is 0. The van der Waals surface area contributed by atoms with Gasteiger partial charge in [0.15, 0.2) is 11.5 Å². The van der Waals surface area contributed by atoms with Crippen LogP contribution in [0.1, 0.15) is 27.6 Å². The van der Waals surface area contributed by atoms with Gasteiger partial charge in [-0.05, 0) is 65.9 Å². The number of halogens is 1. The van der Waals surface area contributed by atoms with Crippen LogP contribution in [0.4, 0.5) is 0 Å². The molecule has 0 unspecified atom stereocenters. The summed E-state index contributed by atoms with van der Waals surface area (Å²) in [5.74, 6) is 0.169. The molecular formula is C17H17IN2O4. The first-order valence-corrected chi connectivity index (χ1v) is 8.30. The minimum Gasteiger partial charge on any atom is -0.493 e. The standard InChI is InChI=1S/C17H17IN2O4/c1-3-24-14-8-7-12(10-15(14)23-2)17(22)20-19-16(21)11-5-4-6-13(18)9-11/h4-10H,3H2,1-2H3,(H,19,21)(H,20,22). The summed E-state index contributed by atoms with van der Waals surface area (Å²) >= 11 is 2.11. The first-order chi connectivity index (χ1) is 11.5. The highest BCUT2D eigenvalue weighted by molar-refractivity contribution is 14.1. The van der Waals surface area contributed by atoms with Crippen LogP contribution in [0.2, 0.25) is 0 Å². The molecule has 24 heavy (non-hydrogen) atoms. The molecule has 0 saturated heterocycles. The largest absolute Gasteiger partial charge is 0.493 e. The van der Waals surface area contributed by atoms with Crippen LogP contribution in [0.5, 0.6) is 11.5 Å². The van der Waals surface area contributed by atoms with E-state index < -0.39 is 5.91 Å². The Balaban J connectivity index is 2.03. The molecule has 0 bridgehead atoms. The second-order valence-electron chi connectivity index (χ2n) is 4.72. The number of carbonyl (C=O) groups excluding carboxylic acids is 2. The normalized spacial score (nSPS) is 9.96. The Bertz CT molecular complexity index is 749. The average molecular weight is 440 g/mol. The SMILES string of the molecule is CCOc1ccc(C(=O)NNC(=O)c2cccc(I)c2)cc1OC. The van der Waals surface area contributed by atoms with Crippen molar-refractivity contribution < 1.29 is 19.1 Å². The molecule has 7 heteroatoms. The van der Waals surface area contributed by atoms with Crippen LogP contribution in [0.25, 0.3) is 0 Å². The highest BCUT2D eigenvalue weighted by Gasteiger charge is 2.12. The van der Waals surface area contributed by atoms with Crippen molar-refractivity contribution in [2.24, 2.45) is 0 Å². The zero-order valence-corrected chi connectivity index (χ0v) is 15.4. The van der Waals surface area contributed by atoms with E-state index >= 15 is 0 Å². The number of amides is 2. The number of ether oxygens (including phenoxy) is 2. The van der Waals surface area contributed by atoms with Crippen molar-refractivity contribution in [3.8, 4) is 11.5 Å². The highest BCUT2D eigenvalue weighted by atomic mass is 127. The summed E-state index contributed by atoms with van der Waals surface area (Å²) in [5.41, 5.74) is 5.58. The Morgan fingerprint density at radius 1 is 1.00 bits per heavy atom. The lowest BCUT2D eigenvalue weighted by molar-refractivity contribution is 0.0846. The smallest absolute Gasteiger partial charge is 0.269 e. The van der Waals surface area contributed by atoms with Crippen LogP contribution in [0, 0.1) is 3.57 Å². The van der Waals surface area contributed by atoms with Crippen molar-refractivity contribution in [3.05, 3.63) is 57.2 Å². The molecule has 0 heterocycles. The third-order valence-electron chi connectivity index (χ3n) is 3.10. The molecule has 0 aliphatic carbocycles. The second kappa shape index (κ2) is 8.53. The maximum Gasteiger partial charge on any atom is 0.269 e. The summed E-state index contributed by atoms with van der Waals surface area (Å²) in [7, 11) is 1.50. The first-order valence-electron chi connectivity index (χ1n) is 7.22. The second-order valence-corrected chi connectivity index (χ2v) is 5.96. The molecule has 0 aromatic heterocycles. The molecule has 2 amide bonds. The Morgan fingerprint density at radius 2 is 1.67 bits per heavy atom. The molecule has 2 aromatic carbocycles. The van der Waals surface area contributed by atoms with E-state index in [2.05, 4.69) is 33.4 Å². The molecule has 0 aliphatic rings. The Morgan fingerprint density at radius 3 is 2.25 bits per heavy atom. The Labute approximate surface area is 153 Å². The Hall–Kier alpha value is -2.29. The molecular weight excluding hydrogens is 423 g/mol. The van der Waals surface area contributed by atoms with Gasteiger partial charge in [-0.1, -0.05) is 6.07 Å². The maximum absolute atomic E-state index is 12.2. The van der Waals surface area contributed by atoms with Crippen LogP contribution < -0.4 is 20.3 Å². The predicted molar refractivity (Wildman–Crippen MR) is 98.3 cm³/mol. The molecule has 0 fully saturated rings. The van der Waals surface area contributed by atoms with Crippen molar-refractivity contribution in [1.82, 2.24) is 10.9 Å². The number of hydrogen-bond acceptors (Lipinski definition) is 4. The van der Waals surface area contributed by atoms with Crippen molar-refractivity contribution in [3.63, 3.8) is 0 Å². The molecule has 2 aromatic rings. The van der Waals surface area contributed by atoms with Gasteiger partial charge in [-0.25, -0.2) is 0 Å². The highest BCUT2D eigenvalue weighted by Crippen LogP contribution is 2.27. The van der Waals surface area contributed by atoms with Crippen LogP contribution in [-0.2, 0) is 0 Å². The van der Waals surface area contributed by atoms with E-state index in [-0.39, 0.29) is 5.91 Å². The zero-order valence-electron chi connectivity index (χ0n) is 13.3. The molecule has 126 valence electrons. The summed E-state index contributed by atoms with van der Waals surface area (Å²) < 4.78 is 11.5. The molecule has 2 rings (SSSR count). The summed E-state index contributed by atoms with van der Waals surface area (Å²) in [6.07, 6.45) is 0. The fourth-order valence-electron chi connectivity index (χ4n) is 1.97. The summed E-state index contributed by atoms with van der Waals surface area (Å²) in [6, 6.07) is 11.8. The summed E-state index contributed by atoms with van der Waals surface area (Å²) in [6.45, 7) is 2.36. The fourth-order valence-corrected chi connectivity index (χ4v) is 2.51. The van der Waals surface area contributed by atoms with Gasteiger partial charge in [0.05, 0.1) is 13.7 Å². The van der Waals surface area contributed by atoms with Gasteiger partial charge in [0.2, 0.25) is 0 Å². The van der Waals surface area contributed by atoms with Crippen molar-refractivity contribution >= 4 is 34.4 Å². The van der Waals surface area contributed by atoms with Crippen LogP contribution in [-0.4, -0.2) is 25.5 Å². The van der Waals surface area contributed by atoms with Crippen LogP contribution in [0.3, 0.4) is 0 Å². The van der Waals surface area contributed by atoms with Gasteiger partial charge >= 0.3 is 0 Å². The third kappa shape index (κ3) is 4.60. The topological polar surface area (TPSA) is 76.7 Å². The van der Waals surface area contributed by atoms with E-state index in [1.54, 1.807) is 36.4 Å². The molecule has 0 aliphatic heterocycles. The van der Waals surface area contributed by atoms with Crippen LogP contribution in [0.15, 0.2) is 42.5 Å². The van der Waals surface area contributed by atoms with Crippen LogP contribution >= 0.6 is 22.6 Å². The van der Waals surface area contributed by atoms with E-state index in [4.69, 9.17) is 9.47 Å². The van der Waals surface area contributed by atoms with Crippen molar-refractivity contribution in [2.45, 2.75) is 6.92 Å². The van der Waals surface area contributed by atoms with Gasteiger partial charge < -0.3 is 9.47 Å². The van der Waals surface area contributed by atoms with Gasteiger partial charge in [-0.3, -0.25) is 20.4 Å². The minimum atomic E-state index is -0.449. The lowest BCUT2D eigenvalue weighted by Crippen LogP contribution is -2.41. The Kier molecular flexibility index (Phi) is 6.42. The lowest BCUT2D eigenvalue weighted by atomic mass is 10.2. The number of benzene rings is 2. The lowest BCUT2D eigenvalue weighted by Gasteiger charge is -2.11. The number of rotatable bonds is 5. The number of methoxy groups -OCH3 is 1. The molecule has 0 radical (unpaired) electrons. The van der Waals surface area contributed by atoms with E-state index in [1.807, 2.05) is 13.0 Å². The van der Waals surface area contributed by atoms with E-state index in [9.17, 15) is 9.59 Å². The van der Waals surface area contributed by atoms with Gasteiger partial charge in [0.25, 0.3) is 11.8 Å². The van der Waals surface area contributed by atoms with Gasteiger partial charge in [-0.15, -0.1) is 0 Å². The average Bonchev–Trinajstić information content (AvgIpc) is 2.60. The quantitative estimate of drug-likeness (QED) is 0.554.